The highest BCUT2D eigenvalue weighted by molar-refractivity contribution is 5.80. The number of hydrogen-bond donors (Lipinski definition) is 8. The van der Waals surface area contributed by atoms with Crippen molar-refractivity contribution in [2.75, 3.05) is 13.2 Å². The molecular formula is C63H121NO10. The van der Waals surface area contributed by atoms with Gasteiger partial charge in [-0.1, -0.05) is 276 Å². The van der Waals surface area contributed by atoms with Crippen LogP contribution in [0.15, 0.2) is 24.3 Å². The Bertz CT molecular complexity index is 1250. The summed E-state index contributed by atoms with van der Waals surface area (Å²) in [6.45, 7) is 3.47. The largest absolute Gasteiger partial charge is 0.394 e. The van der Waals surface area contributed by atoms with Crippen molar-refractivity contribution in [3.05, 3.63) is 24.3 Å². The molecule has 1 heterocycles. The van der Waals surface area contributed by atoms with Gasteiger partial charge in [0.1, 0.15) is 36.6 Å². The Labute approximate surface area is 454 Å². The van der Waals surface area contributed by atoms with E-state index >= 15 is 0 Å². The Kier molecular flexibility index (Phi) is 49.9. The van der Waals surface area contributed by atoms with Gasteiger partial charge in [0.25, 0.3) is 0 Å². The molecule has 0 aromatic carbocycles. The normalized spacial score (nSPS) is 19.9. The van der Waals surface area contributed by atoms with Gasteiger partial charge in [-0.3, -0.25) is 4.79 Å². The molecule has 1 aliphatic rings. The minimum Gasteiger partial charge on any atom is -0.394 e. The lowest BCUT2D eigenvalue weighted by atomic mass is 9.98. The first-order valence-corrected chi connectivity index (χ1v) is 31.7. The Morgan fingerprint density at radius 3 is 1.20 bits per heavy atom. The highest BCUT2D eigenvalue weighted by Crippen LogP contribution is 2.24. The monoisotopic (exact) mass is 1050 g/mol. The van der Waals surface area contributed by atoms with Crippen molar-refractivity contribution >= 4 is 5.91 Å². The van der Waals surface area contributed by atoms with E-state index in [1.54, 1.807) is 0 Å². The van der Waals surface area contributed by atoms with Crippen LogP contribution in [0.1, 0.15) is 303 Å². The summed E-state index contributed by atoms with van der Waals surface area (Å²) in [7, 11) is 0. The maximum atomic E-state index is 13.2. The summed E-state index contributed by atoms with van der Waals surface area (Å²) in [5.74, 6) is -0.706. The molecule has 0 spiro atoms. The average Bonchev–Trinajstić information content (AvgIpc) is 3.40. The lowest BCUT2D eigenvalue weighted by Gasteiger charge is -2.40. The van der Waals surface area contributed by atoms with E-state index in [-0.39, 0.29) is 12.8 Å². The number of hydrogen-bond acceptors (Lipinski definition) is 10. The summed E-state index contributed by atoms with van der Waals surface area (Å²) in [6.07, 6.45) is 52.6. The fraction of sp³-hybridized carbons (Fsp3) is 0.921. The first-order chi connectivity index (χ1) is 36.2. The fourth-order valence-electron chi connectivity index (χ4n) is 10.3. The third-order valence-corrected chi connectivity index (χ3v) is 15.5. The number of allylic oxidation sites excluding steroid dienone is 4. The number of ether oxygens (including phenoxy) is 2. The van der Waals surface area contributed by atoms with Crippen molar-refractivity contribution in [1.29, 1.82) is 0 Å². The summed E-state index contributed by atoms with van der Waals surface area (Å²) in [6, 6.07) is -1.19. The highest BCUT2D eigenvalue weighted by Gasteiger charge is 2.44. The van der Waals surface area contributed by atoms with Crippen molar-refractivity contribution in [3.63, 3.8) is 0 Å². The molecule has 74 heavy (non-hydrogen) atoms. The molecule has 9 atom stereocenters. The maximum Gasteiger partial charge on any atom is 0.249 e. The number of nitrogens with one attached hydrogen (secondary N) is 1. The summed E-state index contributed by atoms with van der Waals surface area (Å²) >= 11 is 0. The Morgan fingerprint density at radius 1 is 0.459 bits per heavy atom. The minimum atomic E-state index is -1.67. The van der Waals surface area contributed by atoms with Crippen LogP contribution in [0.2, 0.25) is 0 Å². The number of carbonyl (C=O) groups excluding carboxylic acids is 1. The number of aliphatic hydroxyl groups is 7. The molecule has 0 saturated carbocycles. The summed E-state index contributed by atoms with van der Waals surface area (Å²) in [5, 5.41) is 76.1. The van der Waals surface area contributed by atoms with Gasteiger partial charge in [-0.15, -0.1) is 0 Å². The first-order valence-electron chi connectivity index (χ1n) is 31.7. The molecule has 0 radical (unpaired) electrons. The zero-order valence-corrected chi connectivity index (χ0v) is 48.1. The standard InChI is InChI=1S/C63H121NO10/c1-3-5-7-9-11-13-15-17-19-20-21-22-23-24-25-26-27-28-29-30-31-32-33-34-35-37-38-40-42-44-46-48-50-55(66)58(68)54(53-73-63-61(71)60(70)59(69)57(52-65)74-63)64-62(72)56(67)51-49-47-45-43-41-39-36-18-16-14-12-10-8-6-4-2/h35,37,42,44,54-61,63,65-71H,3-34,36,38-41,43,45-53H2,1-2H3,(H,64,72)/b37-35+,44-42+. The van der Waals surface area contributed by atoms with E-state index in [2.05, 4.69) is 43.5 Å². The minimum absolute atomic E-state index is 0.249. The van der Waals surface area contributed by atoms with Crippen LogP contribution in [0.25, 0.3) is 0 Å². The van der Waals surface area contributed by atoms with Crippen LogP contribution in [-0.4, -0.2) is 110 Å². The van der Waals surface area contributed by atoms with E-state index in [0.717, 1.165) is 38.5 Å². The van der Waals surface area contributed by atoms with Crippen LogP contribution in [-0.2, 0) is 14.3 Å². The fourth-order valence-corrected chi connectivity index (χ4v) is 10.3. The van der Waals surface area contributed by atoms with E-state index in [0.29, 0.717) is 19.3 Å². The second-order valence-electron chi connectivity index (χ2n) is 22.5. The molecule has 0 aromatic heterocycles. The molecule has 11 nitrogen and oxygen atoms in total. The molecule has 1 amide bonds. The molecule has 9 unspecified atom stereocenters. The molecule has 1 saturated heterocycles. The number of aliphatic hydroxyl groups excluding tert-OH is 7. The SMILES string of the molecule is CCCCCCCCCCCCCCCCCCCCCCCCC/C=C/CC/C=C/CCCC(O)C(O)C(COC1OC(CO)C(O)C(O)C1O)NC(=O)C(O)CCCCCCCCCCCCCCCCC. The van der Waals surface area contributed by atoms with Gasteiger partial charge in [-0.25, -0.2) is 0 Å². The molecule has 0 bridgehead atoms. The number of rotatable bonds is 55. The zero-order chi connectivity index (χ0) is 54.0. The second kappa shape index (κ2) is 52.3. The lowest BCUT2D eigenvalue weighted by molar-refractivity contribution is -0.303. The van der Waals surface area contributed by atoms with Crippen LogP contribution in [0, 0.1) is 0 Å². The zero-order valence-electron chi connectivity index (χ0n) is 48.1. The summed E-state index contributed by atoms with van der Waals surface area (Å²) < 4.78 is 11.1. The van der Waals surface area contributed by atoms with Gasteiger partial charge >= 0.3 is 0 Å². The third kappa shape index (κ3) is 39.9. The van der Waals surface area contributed by atoms with Gasteiger partial charge in [0.2, 0.25) is 5.91 Å². The van der Waals surface area contributed by atoms with E-state index in [1.165, 1.54) is 218 Å². The van der Waals surface area contributed by atoms with Gasteiger partial charge in [-0.2, -0.15) is 0 Å². The van der Waals surface area contributed by atoms with Gasteiger partial charge in [0.15, 0.2) is 6.29 Å². The Morgan fingerprint density at radius 2 is 0.811 bits per heavy atom. The van der Waals surface area contributed by atoms with Crippen LogP contribution in [0.4, 0.5) is 0 Å². The predicted molar refractivity (Wildman–Crippen MR) is 307 cm³/mol. The van der Waals surface area contributed by atoms with Crippen molar-refractivity contribution in [2.45, 2.75) is 358 Å². The van der Waals surface area contributed by atoms with Gasteiger partial charge in [0.05, 0.1) is 25.4 Å². The summed E-state index contributed by atoms with van der Waals surface area (Å²) in [5.41, 5.74) is 0. The van der Waals surface area contributed by atoms with Crippen LogP contribution in [0.5, 0.6) is 0 Å². The van der Waals surface area contributed by atoms with Crippen molar-refractivity contribution < 1.29 is 50.0 Å². The molecule has 1 fully saturated rings. The van der Waals surface area contributed by atoms with Crippen LogP contribution < -0.4 is 5.32 Å². The number of amides is 1. The Hall–Kier alpha value is -1.41. The number of carbonyl (C=O) groups is 1. The molecule has 11 heteroatoms. The third-order valence-electron chi connectivity index (χ3n) is 15.5. The molecule has 438 valence electrons. The van der Waals surface area contributed by atoms with Crippen LogP contribution in [0.3, 0.4) is 0 Å². The summed E-state index contributed by atoms with van der Waals surface area (Å²) in [4.78, 5) is 13.2. The van der Waals surface area contributed by atoms with E-state index in [9.17, 15) is 40.5 Å². The van der Waals surface area contributed by atoms with E-state index in [1.807, 2.05) is 0 Å². The van der Waals surface area contributed by atoms with Crippen molar-refractivity contribution in [3.8, 4) is 0 Å². The molecule has 0 aliphatic carbocycles. The maximum absolute atomic E-state index is 13.2. The van der Waals surface area contributed by atoms with Crippen molar-refractivity contribution in [2.24, 2.45) is 0 Å². The smallest absolute Gasteiger partial charge is 0.249 e. The second-order valence-corrected chi connectivity index (χ2v) is 22.5. The van der Waals surface area contributed by atoms with Crippen molar-refractivity contribution in [1.82, 2.24) is 5.32 Å². The predicted octanol–water partition coefficient (Wildman–Crippen LogP) is 14.1. The highest BCUT2D eigenvalue weighted by atomic mass is 16.7. The topological polar surface area (TPSA) is 189 Å². The van der Waals surface area contributed by atoms with Gasteiger partial charge < -0.3 is 50.5 Å². The lowest BCUT2D eigenvalue weighted by Crippen LogP contribution is -2.60. The van der Waals surface area contributed by atoms with Gasteiger partial charge in [0, 0.05) is 0 Å². The molecule has 0 aromatic rings. The van der Waals surface area contributed by atoms with Gasteiger partial charge in [-0.05, 0) is 51.4 Å². The van der Waals surface area contributed by atoms with Crippen LogP contribution >= 0.6 is 0 Å². The molecular weight excluding hydrogens is 931 g/mol. The van der Waals surface area contributed by atoms with E-state index in [4.69, 9.17) is 9.47 Å². The molecule has 1 aliphatic heterocycles. The first kappa shape index (κ1) is 70.6. The average molecular weight is 1050 g/mol. The Balaban J connectivity index is 2.23. The quantitative estimate of drug-likeness (QED) is 0.0215. The molecule has 1 rings (SSSR count). The molecule has 8 N–H and O–H groups in total. The van der Waals surface area contributed by atoms with E-state index < -0.39 is 74.2 Å². The number of unbranched alkanes of at least 4 members (excludes halogenated alkanes) is 39.